The molecule has 0 aliphatic carbocycles. The molecule has 1 aromatic heterocycles. The second-order valence-electron chi connectivity index (χ2n) is 17.6. The lowest BCUT2D eigenvalue weighted by molar-refractivity contribution is 0.871. The Morgan fingerprint density at radius 3 is 1.06 bits per heavy atom. The maximum atomic E-state index is 4.78. The van der Waals surface area contributed by atoms with Gasteiger partial charge in [-0.2, -0.15) is 0 Å². The van der Waals surface area contributed by atoms with Crippen molar-refractivity contribution in [1.82, 2.24) is 20.4 Å². The molecule has 0 radical (unpaired) electrons. The highest BCUT2D eigenvalue weighted by molar-refractivity contribution is 7.21. The molecule has 9 aromatic rings. The number of para-hydroxylation sites is 4. The van der Waals surface area contributed by atoms with Gasteiger partial charge in [0.05, 0.1) is 11.4 Å². The standard InChI is InChI=1S/C58H48N6Si/c1-37-23-29-47(30-24-37)65(48-31-25-38(2)26-32-48)53-21-13-11-19-51(53)64(52-20-12-14-22-54(52)65)46-35-41(5)56(42(6)36-46)58-61-59-57(60-62-58)55-39(3)33-45(34-40(55)4)63-49-17-9-7-15-43(49)27-28-44-16-8-10-18-50(44)63/h7-36H,1-6H3. The van der Waals surface area contributed by atoms with E-state index >= 15 is 0 Å². The van der Waals surface area contributed by atoms with Crippen LogP contribution in [-0.2, 0) is 0 Å². The number of anilines is 6. The van der Waals surface area contributed by atoms with E-state index < -0.39 is 8.07 Å². The summed E-state index contributed by atoms with van der Waals surface area (Å²) in [5, 5.41) is 24.6. The molecule has 11 rings (SSSR count). The normalized spacial score (nSPS) is 13.4. The van der Waals surface area contributed by atoms with Crippen LogP contribution in [0.2, 0.25) is 0 Å². The summed E-state index contributed by atoms with van der Waals surface area (Å²) in [6.45, 7) is 12.9. The summed E-state index contributed by atoms with van der Waals surface area (Å²) >= 11 is 0. The molecular weight excluding hydrogens is 809 g/mol. The Bertz CT molecular complexity index is 3150. The number of fused-ring (bicyclic) bond motifs is 4. The number of hydrogen-bond donors (Lipinski definition) is 0. The number of hydrogen-bond acceptors (Lipinski definition) is 6. The first-order chi connectivity index (χ1) is 31.7. The summed E-state index contributed by atoms with van der Waals surface area (Å²) in [5.74, 6) is 1.02. The quantitative estimate of drug-likeness (QED) is 0.155. The highest BCUT2D eigenvalue weighted by Crippen LogP contribution is 2.44. The SMILES string of the molecule is Cc1ccc([Si]2(c3ccc(C)cc3)c3ccccc3N(c3cc(C)c(-c4nnc(-c5c(C)cc(N6c7ccccc7C=Cc7ccccc76)cc5C)nn4)c(C)c3)c3ccccc32)cc1. The van der Waals surface area contributed by atoms with Crippen LogP contribution in [0, 0.1) is 41.5 Å². The van der Waals surface area contributed by atoms with Crippen molar-refractivity contribution in [2.75, 3.05) is 9.80 Å². The summed E-state index contributed by atoms with van der Waals surface area (Å²) in [6, 6.07) is 62.7. The molecule has 0 saturated heterocycles. The van der Waals surface area contributed by atoms with Gasteiger partial charge >= 0.3 is 0 Å². The summed E-state index contributed by atoms with van der Waals surface area (Å²) < 4.78 is 0. The monoisotopic (exact) mass is 856 g/mol. The molecule has 6 nitrogen and oxygen atoms in total. The van der Waals surface area contributed by atoms with E-state index in [9.17, 15) is 0 Å². The highest BCUT2D eigenvalue weighted by atomic mass is 28.3. The van der Waals surface area contributed by atoms with Gasteiger partial charge in [-0.1, -0.05) is 145 Å². The first kappa shape index (κ1) is 40.1. The summed E-state index contributed by atoms with van der Waals surface area (Å²) in [5.41, 5.74) is 17.8. The van der Waals surface area contributed by atoms with E-state index in [4.69, 9.17) is 20.4 Å². The first-order valence-corrected chi connectivity index (χ1v) is 24.3. The molecule has 0 fully saturated rings. The van der Waals surface area contributed by atoms with E-state index in [2.05, 4.69) is 233 Å². The highest BCUT2D eigenvalue weighted by Gasteiger charge is 2.48. The van der Waals surface area contributed by atoms with Crippen LogP contribution in [0.15, 0.2) is 170 Å². The predicted octanol–water partition coefficient (Wildman–Crippen LogP) is 11.6. The number of aromatic nitrogens is 4. The zero-order valence-electron chi connectivity index (χ0n) is 37.5. The van der Waals surface area contributed by atoms with Crippen LogP contribution in [0.3, 0.4) is 0 Å². The molecule has 0 atom stereocenters. The summed E-state index contributed by atoms with van der Waals surface area (Å²) in [4.78, 5) is 4.80. The topological polar surface area (TPSA) is 58.0 Å². The lowest BCUT2D eigenvalue weighted by atomic mass is 9.99. The molecule has 0 amide bonds. The molecule has 2 aliphatic heterocycles. The van der Waals surface area contributed by atoms with Crippen molar-refractivity contribution in [3.63, 3.8) is 0 Å². The Hall–Kier alpha value is -7.74. The van der Waals surface area contributed by atoms with E-state index in [0.717, 1.165) is 56.1 Å². The summed E-state index contributed by atoms with van der Waals surface area (Å²) in [6.07, 6.45) is 4.39. The predicted molar refractivity (Wildman–Crippen MR) is 272 cm³/mol. The molecule has 0 spiro atoms. The van der Waals surface area contributed by atoms with Gasteiger partial charge in [0.15, 0.2) is 8.07 Å². The molecular formula is C58H48N6Si. The van der Waals surface area contributed by atoms with E-state index in [1.54, 1.807) is 0 Å². The van der Waals surface area contributed by atoms with Crippen LogP contribution >= 0.6 is 0 Å². The Kier molecular flexibility index (Phi) is 9.74. The van der Waals surface area contributed by atoms with Crippen LogP contribution in [0.4, 0.5) is 34.1 Å². The van der Waals surface area contributed by atoms with Crippen LogP contribution in [-0.4, -0.2) is 28.5 Å². The van der Waals surface area contributed by atoms with Crippen LogP contribution < -0.4 is 30.5 Å². The lowest BCUT2D eigenvalue weighted by Crippen LogP contribution is -2.77. The number of rotatable bonds is 6. The van der Waals surface area contributed by atoms with Gasteiger partial charge in [0.1, 0.15) is 0 Å². The van der Waals surface area contributed by atoms with Crippen LogP contribution in [0.1, 0.15) is 44.5 Å². The molecule has 0 unspecified atom stereocenters. The van der Waals surface area contributed by atoms with Gasteiger partial charge in [-0.3, -0.25) is 0 Å². The van der Waals surface area contributed by atoms with Crippen molar-refractivity contribution in [3.05, 3.63) is 214 Å². The van der Waals surface area contributed by atoms with Crippen LogP contribution in [0.5, 0.6) is 0 Å². The Balaban J connectivity index is 0.969. The van der Waals surface area contributed by atoms with Gasteiger partial charge in [-0.05, 0) is 144 Å². The van der Waals surface area contributed by atoms with Crippen molar-refractivity contribution in [3.8, 4) is 22.8 Å². The van der Waals surface area contributed by atoms with E-state index in [0.29, 0.717) is 11.6 Å². The molecule has 0 bridgehead atoms. The van der Waals surface area contributed by atoms with Gasteiger partial charge < -0.3 is 9.80 Å². The fourth-order valence-corrected chi connectivity index (χ4v) is 15.5. The molecule has 0 saturated carbocycles. The Morgan fingerprint density at radius 1 is 0.354 bits per heavy atom. The molecule has 314 valence electrons. The second kappa shape index (κ2) is 15.8. The lowest BCUT2D eigenvalue weighted by Gasteiger charge is -2.45. The van der Waals surface area contributed by atoms with E-state index in [1.807, 2.05) is 0 Å². The number of aryl methyl sites for hydroxylation is 6. The van der Waals surface area contributed by atoms with Gasteiger partial charge in [-0.15, -0.1) is 20.4 Å². The van der Waals surface area contributed by atoms with Gasteiger partial charge in [0, 0.05) is 33.9 Å². The number of benzene rings is 8. The molecule has 2 aliphatic rings. The summed E-state index contributed by atoms with van der Waals surface area (Å²) in [7, 11) is -2.75. The molecule has 7 heteroatoms. The number of nitrogens with zero attached hydrogens (tertiary/aromatic N) is 6. The van der Waals surface area contributed by atoms with Crippen LogP contribution in [0.25, 0.3) is 34.9 Å². The fourth-order valence-electron chi connectivity index (χ4n) is 10.4. The van der Waals surface area contributed by atoms with Gasteiger partial charge in [0.2, 0.25) is 11.6 Å². The Labute approximate surface area is 382 Å². The second-order valence-corrected chi connectivity index (χ2v) is 21.3. The molecule has 0 N–H and O–H groups in total. The third-order valence-electron chi connectivity index (χ3n) is 13.3. The maximum absolute atomic E-state index is 4.78. The average molecular weight is 857 g/mol. The Morgan fingerprint density at radius 2 is 0.677 bits per heavy atom. The van der Waals surface area contributed by atoms with Crippen molar-refractivity contribution >= 4 is 75.1 Å². The largest absolute Gasteiger partial charge is 0.311 e. The third kappa shape index (κ3) is 6.53. The van der Waals surface area contributed by atoms with Crippen molar-refractivity contribution in [1.29, 1.82) is 0 Å². The van der Waals surface area contributed by atoms with E-state index in [1.165, 1.54) is 54.4 Å². The first-order valence-electron chi connectivity index (χ1n) is 22.3. The minimum Gasteiger partial charge on any atom is -0.311 e. The van der Waals surface area contributed by atoms with Crippen molar-refractivity contribution < 1.29 is 0 Å². The van der Waals surface area contributed by atoms with Gasteiger partial charge in [-0.25, -0.2) is 0 Å². The van der Waals surface area contributed by atoms with Crippen molar-refractivity contribution in [2.24, 2.45) is 0 Å². The zero-order valence-corrected chi connectivity index (χ0v) is 38.5. The third-order valence-corrected chi connectivity index (χ3v) is 18.2. The fraction of sp³-hybridized carbons (Fsp3) is 0.103. The minimum atomic E-state index is -2.75. The maximum Gasteiger partial charge on any atom is 0.204 e. The van der Waals surface area contributed by atoms with Gasteiger partial charge in [0.25, 0.3) is 0 Å². The molecule has 3 heterocycles. The molecule has 8 aromatic carbocycles. The smallest absolute Gasteiger partial charge is 0.204 e. The molecule has 65 heavy (non-hydrogen) atoms. The van der Waals surface area contributed by atoms with Crippen molar-refractivity contribution in [2.45, 2.75) is 41.5 Å². The van der Waals surface area contributed by atoms with E-state index in [-0.39, 0.29) is 0 Å². The average Bonchev–Trinajstić information content (AvgIpc) is 3.48. The zero-order chi connectivity index (χ0) is 44.4. The minimum absolute atomic E-state index is 0.511.